The molecule has 0 spiro atoms. The molecule has 0 radical (unpaired) electrons. The molecule has 1 fully saturated rings. The van der Waals surface area contributed by atoms with Crippen molar-refractivity contribution < 1.29 is 14.2 Å². The molecule has 4 atom stereocenters. The first-order chi connectivity index (χ1) is 14.7. The SMILES string of the molecule is CC#Cc1ccc2c(c1)[C@](C)(C(C)C)[C@H]1C(=O)N(B(C)O)[C@H](CO[Si](C)(C)C(C)(C)C)[C@@H]21. The summed E-state index contributed by atoms with van der Waals surface area (Å²) >= 11 is 0. The number of hydrogen-bond acceptors (Lipinski definition) is 3. The van der Waals surface area contributed by atoms with Crippen LogP contribution in [0.15, 0.2) is 18.2 Å². The van der Waals surface area contributed by atoms with Crippen molar-refractivity contribution in [3.05, 3.63) is 34.9 Å². The van der Waals surface area contributed by atoms with Crippen molar-refractivity contribution >= 4 is 21.3 Å². The molecular weight excluding hydrogens is 413 g/mol. The first kappa shape index (κ1) is 25.1. The standard InChI is InChI=1S/C26H40BNO3Si/c1-11-12-18-13-14-19-20(15-18)26(7,17(2)3)23-22(19)21(28(24(23)29)27(8)30)16-31-32(9,10)25(4,5)6/h13-15,17,21-23,30H,16H2,1-10H3/t21-,22-,23-,26+/m1/s1. The Balaban J connectivity index is 2.13. The normalized spacial score (nSPS) is 27.3. The van der Waals surface area contributed by atoms with Crippen LogP contribution in [0.25, 0.3) is 0 Å². The van der Waals surface area contributed by atoms with E-state index in [0.717, 1.165) is 5.56 Å². The predicted octanol–water partition coefficient (Wildman–Crippen LogP) is 5.03. The largest absolute Gasteiger partial charge is 0.432 e. The summed E-state index contributed by atoms with van der Waals surface area (Å²) in [5, 5.41) is 10.7. The van der Waals surface area contributed by atoms with Crippen LogP contribution in [0.1, 0.15) is 71.1 Å². The highest BCUT2D eigenvalue weighted by Crippen LogP contribution is 2.60. The Morgan fingerprint density at radius 3 is 2.44 bits per heavy atom. The third-order valence-electron chi connectivity index (χ3n) is 8.58. The van der Waals surface area contributed by atoms with E-state index < -0.39 is 15.4 Å². The van der Waals surface area contributed by atoms with Crippen LogP contribution in [0.2, 0.25) is 25.0 Å². The summed E-state index contributed by atoms with van der Waals surface area (Å²) in [5.74, 6) is 6.30. The van der Waals surface area contributed by atoms with Gasteiger partial charge >= 0.3 is 7.05 Å². The van der Waals surface area contributed by atoms with Gasteiger partial charge in [-0.25, -0.2) is 0 Å². The van der Waals surface area contributed by atoms with Gasteiger partial charge in [0.2, 0.25) is 5.91 Å². The molecule has 1 heterocycles. The summed E-state index contributed by atoms with van der Waals surface area (Å²) in [6.45, 7) is 21.8. The van der Waals surface area contributed by atoms with Gasteiger partial charge in [-0.2, -0.15) is 0 Å². The Labute approximate surface area is 196 Å². The summed E-state index contributed by atoms with van der Waals surface area (Å²) in [7, 11) is -2.85. The van der Waals surface area contributed by atoms with E-state index in [0.29, 0.717) is 6.61 Å². The van der Waals surface area contributed by atoms with Gasteiger partial charge in [0.1, 0.15) is 0 Å². The fraction of sp³-hybridized carbons (Fsp3) is 0.654. The molecule has 4 nitrogen and oxygen atoms in total. The minimum atomic E-state index is -2.01. The molecule has 1 aliphatic heterocycles. The van der Waals surface area contributed by atoms with Crippen LogP contribution in [0.3, 0.4) is 0 Å². The number of carbonyl (C=O) groups is 1. The molecule has 174 valence electrons. The quantitative estimate of drug-likeness (QED) is 0.503. The van der Waals surface area contributed by atoms with E-state index in [-0.39, 0.29) is 40.2 Å². The highest BCUT2D eigenvalue weighted by atomic mass is 28.4. The molecule has 1 N–H and O–H groups in total. The smallest absolute Gasteiger partial charge is 0.412 e. The molecule has 6 heteroatoms. The van der Waals surface area contributed by atoms with Crippen LogP contribution in [0, 0.1) is 23.7 Å². The molecule has 1 amide bonds. The van der Waals surface area contributed by atoms with Gasteiger partial charge in [0.05, 0.1) is 18.6 Å². The molecule has 1 aliphatic carbocycles. The molecule has 1 aromatic carbocycles. The van der Waals surface area contributed by atoms with Gasteiger partial charge in [-0.3, -0.25) is 4.79 Å². The molecule has 32 heavy (non-hydrogen) atoms. The van der Waals surface area contributed by atoms with E-state index in [9.17, 15) is 9.82 Å². The molecule has 3 rings (SSSR count). The van der Waals surface area contributed by atoms with Crippen LogP contribution in [0.5, 0.6) is 0 Å². The topological polar surface area (TPSA) is 49.8 Å². The van der Waals surface area contributed by atoms with Gasteiger partial charge in [0.15, 0.2) is 8.32 Å². The summed E-state index contributed by atoms with van der Waals surface area (Å²) in [4.78, 5) is 15.6. The molecule has 2 aliphatic rings. The highest BCUT2D eigenvalue weighted by molar-refractivity contribution is 6.74. The molecule has 0 bridgehead atoms. The zero-order valence-electron chi connectivity index (χ0n) is 21.5. The Kier molecular flexibility index (Phi) is 6.54. The Hall–Kier alpha value is -1.55. The van der Waals surface area contributed by atoms with Gasteiger partial charge in [-0.15, -0.1) is 5.92 Å². The monoisotopic (exact) mass is 453 g/mol. The summed E-state index contributed by atoms with van der Waals surface area (Å²) in [6.07, 6.45) is 0. The van der Waals surface area contributed by atoms with E-state index in [2.05, 4.69) is 84.7 Å². The van der Waals surface area contributed by atoms with Gasteiger partial charge in [0.25, 0.3) is 0 Å². The third-order valence-corrected chi connectivity index (χ3v) is 13.1. The van der Waals surface area contributed by atoms with Gasteiger partial charge in [0, 0.05) is 16.9 Å². The lowest BCUT2D eigenvalue weighted by Crippen LogP contribution is -2.51. The summed E-state index contributed by atoms with van der Waals surface area (Å²) in [6, 6.07) is 6.25. The second-order valence-corrected chi connectivity index (χ2v) is 16.4. The first-order valence-corrected chi connectivity index (χ1v) is 14.8. The molecule has 0 unspecified atom stereocenters. The Morgan fingerprint density at radius 2 is 1.94 bits per heavy atom. The van der Waals surface area contributed by atoms with Gasteiger partial charge in [-0.1, -0.05) is 53.5 Å². The van der Waals surface area contributed by atoms with Crippen molar-refractivity contribution in [2.75, 3.05) is 6.61 Å². The number of nitrogens with zero attached hydrogens (tertiary/aromatic N) is 1. The number of hydrogen-bond donors (Lipinski definition) is 1. The number of fused-ring (bicyclic) bond motifs is 3. The van der Waals surface area contributed by atoms with Gasteiger partial charge < -0.3 is 14.3 Å². The van der Waals surface area contributed by atoms with E-state index in [1.165, 1.54) is 11.1 Å². The predicted molar refractivity (Wildman–Crippen MR) is 135 cm³/mol. The maximum Gasteiger partial charge on any atom is 0.412 e. The summed E-state index contributed by atoms with van der Waals surface area (Å²) in [5.41, 5.74) is 3.13. The minimum absolute atomic E-state index is 0.00732. The molecule has 1 saturated heterocycles. The Bertz CT molecular complexity index is 956. The number of carbonyl (C=O) groups excluding carboxylic acids is 1. The second-order valence-electron chi connectivity index (χ2n) is 11.6. The number of rotatable bonds is 5. The third kappa shape index (κ3) is 3.77. The zero-order valence-corrected chi connectivity index (χ0v) is 22.5. The van der Waals surface area contributed by atoms with Crippen molar-refractivity contribution in [2.45, 2.75) is 90.8 Å². The maximum absolute atomic E-state index is 13.9. The lowest BCUT2D eigenvalue weighted by molar-refractivity contribution is -0.130. The van der Waals surface area contributed by atoms with E-state index in [4.69, 9.17) is 4.43 Å². The van der Waals surface area contributed by atoms with Crippen molar-refractivity contribution in [1.82, 2.24) is 4.81 Å². The first-order valence-electron chi connectivity index (χ1n) is 11.9. The van der Waals surface area contributed by atoms with E-state index in [1.54, 1.807) is 11.6 Å². The molecular formula is C26H40BNO3Si. The Morgan fingerprint density at radius 1 is 1.31 bits per heavy atom. The minimum Gasteiger partial charge on any atom is -0.432 e. The van der Waals surface area contributed by atoms with Crippen LogP contribution >= 0.6 is 0 Å². The lowest BCUT2D eigenvalue weighted by atomic mass is 9.67. The number of benzene rings is 1. The second kappa shape index (κ2) is 8.34. The van der Waals surface area contributed by atoms with Crippen LogP contribution in [-0.4, -0.2) is 43.8 Å². The zero-order chi connectivity index (χ0) is 24.2. The fourth-order valence-electron chi connectivity index (χ4n) is 5.42. The molecule has 0 aromatic heterocycles. The van der Waals surface area contributed by atoms with Crippen molar-refractivity contribution in [3.8, 4) is 11.8 Å². The number of amides is 1. The van der Waals surface area contributed by atoms with Crippen LogP contribution in [-0.2, 0) is 14.6 Å². The van der Waals surface area contributed by atoms with Crippen molar-refractivity contribution in [2.24, 2.45) is 11.8 Å². The van der Waals surface area contributed by atoms with Crippen LogP contribution in [0.4, 0.5) is 0 Å². The molecule has 0 saturated carbocycles. The fourth-order valence-corrected chi connectivity index (χ4v) is 6.44. The summed E-state index contributed by atoms with van der Waals surface area (Å²) < 4.78 is 6.63. The van der Waals surface area contributed by atoms with E-state index in [1.807, 2.05) is 6.92 Å². The van der Waals surface area contributed by atoms with Crippen molar-refractivity contribution in [3.63, 3.8) is 0 Å². The lowest BCUT2D eigenvalue weighted by Gasteiger charge is -2.39. The highest BCUT2D eigenvalue weighted by Gasteiger charge is 2.63. The molecule has 1 aromatic rings. The average Bonchev–Trinajstić information content (AvgIpc) is 3.11. The van der Waals surface area contributed by atoms with E-state index >= 15 is 0 Å². The van der Waals surface area contributed by atoms with Crippen LogP contribution < -0.4 is 0 Å². The van der Waals surface area contributed by atoms with Gasteiger partial charge in [-0.05, 0) is 61.1 Å². The average molecular weight is 454 g/mol. The van der Waals surface area contributed by atoms with Crippen molar-refractivity contribution in [1.29, 1.82) is 0 Å². The maximum atomic E-state index is 13.9.